The lowest BCUT2D eigenvalue weighted by atomic mass is 9.84. The van der Waals surface area contributed by atoms with E-state index in [-0.39, 0.29) is 43.7 Å². The molecular formula is C49H63N8O9+. The zero-order valence-corrected chi connectivity index (χ0v) is 39.3. The van der Waals surface area contributed by atoms with Crippen LogP contribution in [0.3, 0.4) is 0 Å². The average molecular weight is 908 g/mol. The summed E-state index contributed by atoms with van der Waals surface area (Å²) in [5.74, 6) is -1.16. The Morgan fingerprint density at radius 1 is 1.09 bits per heavy atom. The van der Waals surface area contributed by atoms with Crippen molar-refractivity contribution in [3.05, 3.63) is 77.5 Å². The highest BCUT2D eigenvalue weighted by Crippen LogP contribution is 2.46. The van der Waals surface area contributed by atoms with Crippen molar-refractivity contribution in [3.8, 4) is 39.6 Å². The number of nitroso groups, excluding NO2 is 1. The second-order valence-electron chi connectivity index (χ2n) is 18.6. The molecule has 2 saturated heterocycles. The van der Waals surface area contributed by atoms with Gasteiger partial charge in [-0.25, -0.2) is 5.43 Å². The molecule has 0 radical (unpaired) electrons. The topological polar surface area (TPSA) is 188 Å². The Labute approximate surface area is 385 Å². The molecule has 2 fully saturated rings. The molecule has 66 heavy (non-hydrogen) atoms. The van der Waals surface area contributed by atoms with E-state index in [2.05, 4.69) is 39.9 Å². The monoisotopic (exact) mass is 907 g/mol. The molecule has 2 aromatic heterocycles. The van der Waals surface area contributed by atoms with E-state index in [1.807, 2.05) is 45.9 Å². The first kappa shape index (κ1) is 47.5. The summed E-state index contributed by atoms with van der Waals surface area (Å²) in [5.41, 5.74) is 8.11. The maximum Gasteiger partial charge on any atom is 0.324 e. The minimum absolute atomic E-state index is 0.0319. The van der Waals surface area contributed by atoms with E-state index < -0.39 is 47.4 Å². The van der Waals surface area contributed by atoms with Crippen LogP contribution in [0.15, 0.2) is 61.4 Å². The van der Waals surface area contributed by atoms with Gasteiger partial charge in [0, 0.05) is 48.8 Å². The molecule has 0 aliphatic carbocycles. The Balaban J connectivity index is 1.32. The molecule has 0 spiro atoms. The standard InChI is InChI=1S/C49H62N8O9/c1-10-42(59)54-18-16-33(27-54)57(63)53(7)44(29(3)4)46(60)51-38-21-30-19-32(22-34(58)20-30)31-14-15-39-35(23-31)36(45(55(39)11-2)43-40(64-8)25-50-26-41(43)65-9)24-49(5,6)28-66-48(62)37-13-12-17-56(52-37)47(38)61/h10,14-15,19-20,22-23,25-26,29,33,37-38,44,52H,1,11-13,16-18,21,24,27-28H2,2-9H3,(H-,51,58,60)/p+1/t33-,37-,38-,44-/m0/s1. The number of aromatic hydroxyl groups is 1. The van der Waals surface area contributed by atoms with Crippen molar-refractivity contribution in [1.82, 2.24) is 35.2 Å². The molecule has 0 saturated carbocycles. The van der Waals surface area contributed by atoms with E-state index in [1.54, 1.807) is 43.6 Å². The number of ether oxygens (including phenoxy) is 3. The summed E-state index contributed by atoms with van der Waals surface area (Å²) in [6.45, 7) is 14.8. The molecule has 7 rings (SSSR count). The van der Waals surface area contributed by atoms with E-state index in [0.717, 1.165) is 38.2 Å². The van der Waals surface area contributed by atoms with Gasteiger partial charge in [-0.05, 0) is 84.7 Å². The zero-order chi connectivity index (χ0) is 47.6. The summed E-state index contributed by atoms with van der Waals surface area (Å²) in [5, 5.41) is 17.9. The summed E-state index contributed by atoms with van der Waals surface area (Å²) in [4.78, 5) is 75.9. The van der Waals surface area contributed by atoms with Crippen molar-refractivity contribution in [2.75, 3.05) is 47.5 Å². The van der Waals surface area contributed by atoms with E-state index in [0.29, 0.717) is 61.4 Å². The van der Waals surface area contributed by atoms with Crippen molar-refractivity contribution in [2.45, 2.75) is 97.4 Å². The van der Waals surface area contributed by atoms with Crippen LogP contribution in [0.4, 0.5) is 0 Å². The molecule has 5 heterocycles. The first-order chi connectivity index (χ1) is 31.5. The molecule has 0 unspecified atom stereocenters. The smallest absolute Gasteiger partial charge is 0.324 e. The molecule has 3 amide bonds. The Hall–Kier alpha value is -6.49. The van der Waals surface area contributed by atoms with Crippen LogP contribution in [-0.4, -0.2) is 130 Å². The minimum Gasteiger partial charge on any atom is -0.508 e. The minimum atomic E-state index is -1.19. The van der Waals surface area contributed by atoms with Crippen molar-refractivity contribution >= 4 is 34.6 Å². The van der Waals surface area contributed by atoms with Gasteiger partial charge in [-0.1, -0.05) is 46.4 Å². The van der Waals surface area contributed by atoms with E-state index in [9.17, 15) is 29.2 Å². The van der Waals surface area contributed by atoms with Gasteiger partial charge < -0.3 is 34.1 Å². The Morgan fingerprint density at radius 3 is 2.48 bits per heavy atom. The van der Waals surface area contributed by atoms with Gasteiger partial charge in [-0.3, -0.25) is 29.2 Å². The molecule has 3 aliphatic rings. The van der Waals surface area contributed by atoms with Gasteiger partial charge in [0.25, 0.3) is 11.9 Å². The fourth-order valence-corrected chi connectivity index (χ4v) is 9.75. The second kappa shape index (κ2) is 19.5. The van der Waals surface area contributed by atoms with Gasteiger partial charge in [0.2, 0.25) is 11.8 Å². The van der Waals surface area contributed by atoms with Gasteiger partial charge in [0.05, 0.1) is 63.0 Å². The number of phenolic OH excluding ortho intramolecular Hbond substituents is 1. The third-order valence-electron chi connectivity index (χ3n) is 13.0. The summed E-state index contributed by atoms with van der Waals surface area (Å²) < 4.78 is 20.1. The van der Waals surface area contributed by atoms with Crippen LogP contribution in [0.5, 0.6) is 17.2 Å². The molecule has 4 atom stereocenters. The number of nitrogens with one attached hydrogen (secondary N) is 2. The number of hydrogen-bond acceptors (Lipinski definition) is 11. The quantitative estimate of drug-likeness (QED) is 0.0775. The fourth-order valence-electron chi connectivity index (χ4n) is 9.75. The lowest BCUT2D eigenvalue weighted by molar-refractivity contribution is -0.732. The number of carbonyl (C=O) groups excluding carboxylic acids is 4. The number of likely N-dealkylation sites (N-methyl/N-ethyl adjacent to an activating group) is 1. The molecule has 3 N–H and O–H groups in total. The van der Waals surface area contributed by atoms with Gasteiger partial charge >= 0.3 is 5.97 Å². The lowest BCUT2D eigenvalue weighted by Crippen LogP contribution is -2.62. The number of rotatable bonds is 11. The Morgan fingerprint density at radius 2 is 1.82 bits per heavy atom. The number of benzene rings is 2. The number of fused-ring (bicyclic) bond motifs is 6. The van der Waals surface area contributed by atoms with Crippen LogP contribution in [0.25, 0.3) is 33.3 Å². The maximum atomic E-state index is 14.7. The van der Waals surface area contributed by atoms with Gasteiger partial charge in [-0.2, -0.15) is 0 Å². The number of nitrogens with zero attached hydrogens (tertiary/aromatic N) is 6. The summed E-state index contributed by atoms with van der Waals surface area (Å²) in [6, 6.07) is 7.66. The molecule has 2 aromatic carbocycles. The van der Waals surface area contributed by atoms with Crippen LogP contribution in [0.1, 0.15) is 65.0 Å². The summed E-state index contributed by atoms with van der Waals surface area (Å²) >= 11 is 0. The normalized spacial score (nSPS) is 20.3. The number of likely N-dealkylation sites (tertiary alicyclic amines) is 1. The third kappa shape index (κ3) is 9.57. The second-order valence-corrected chi connectivity index (χ2v) is 18.6. The zero-order valence-electron chi connectivity index (χ0n) is 39.3. The first-order valence-electron chi connectivity index (χ1n) is 22.7. The van der Waals surface area contributed by atoms with E-state index in [4.69, 9.17) is 14.2 Å². The Bertz CT molecular complexity index is 2510. The Kier molecular flexibility index (Phi) is 14.1. The first-order valence-corrected chi connectivity index (χ1v) is 22.7. The number of hydrogen-bond donors (Lipinski definition) is 3. The molecule has 17 nitrogen and oxygen atoms in total. The highest BCUT2D eigenvalue weighted by Gasteiger charge is 2.44. The highest BCUT2D eigenvalue weighted by atomic mass is 16.5. The highest BCUT2D eigenvalue weighted by molar-refractivity contribution is 5.97. The third-order valence-corrected chi connectivity index (χ3v) is 13.0. The summed E-state index contributed by atoms with van der Waals surface area (Å²) in [6.07, 6.45) is 6.32. The number of hydrazine groups is 2. The number of pyridine rings is 1. The lowest BCUT2D eigenvalue weighted by Gasteiger charge is -2.36. The number of aromatic nitrogens is 2. The van der Waals surface area contributed by atoms with Crippen molar-refractivity contribution in [1.29, 1.82) is 0 Å². The number of methoxy groups -OCH3 is 2. The van der Waals surface area contributed by atoms with Crippen LogP contribution >= 0.6 is 0 Å². The van der Waals surface area contributed by atoms with Crippen molar-refractivity contribution < 1.29 is 43.4 Å². The predicted molar refractivity (Wildman–Crippen MR) is 248 cm³/mol. The number of carbonyl (C=O) groups is 4. The number of amides is 3. The molecule has 17 heteroatoms. The molecule has 352 valence electrons. The number of phenols is 1. The van der Waals surface area contributed by atoms with Crippen LogP contribution in [0, 0.1) is 16.2 Å². The largest absolute Gasteiger partial charge is 0.508 e. The molecule has 6 bridgehead atoms. The SMILES string of the molecule is C=CC(=O)N1CC[C@H]([N+](=O)N(C)[C@H](C(=O)N[C@H]2Cc3cc(O)cc(c3)-c3ccc4c(c3)c(c(-c3c(OC)cncc3OC)n4CC)CC(C)(C)COC(=O)[C@@H]3CCCN(N3)C2=O)C(C)C)C1. The van der Waals surface area contributed by atoms with Crippen LogP contribution in [0.2, 0.25) is 0 Å². The van der Waals surface area contributed by atoms with Crippen molar-refractivity contribution in [2.24, 2.45) is 11.3 Å². The maximum absolute atomic E-state index is 14.7. The van der Waals surface area contributed by atoms with Gasteiger partial charge in [0.1, 0.15) is 34.2 Å². The van der Waals surface area contributed by atoms with Crippen LogP contribution in [-0.2, 0) is 43.3 Å². The predicted octanol–water partition coefficient (Wildman–Crippen LogP) is 5.20. The summed E-state index contributed by atoms with van der Waals surface area (Å²) in [7, 11) is 4.73. The van der Waals surface area contributed by atoms with E-state index >= 15 is 0 Å². The number of cyclic esters (lactones) is 1. The number of esters is 1. The van der Waals surface area contributed by atoms with Gasteiger partial charge in [-0.15, -0.1) is 5.01 Å². The molecular weight excluding hydrogens is 845 g/mol. The van der Waals surface area contributed by atoms with Gasteiger partial charge in [0.15, 0.2) is 6.04 Å². The number of aryl methyl sites for hydroxylation is 1. The fraction of sp³-hybridized carbons (Fsp3) is 0.490. The molecule has 3 aliphatic heterocycles. The average Bonchev–Trinajstić information content (AvgIpc) is 3.91. The van der Waals surface area contributed by atoms with Crippen molar-refractivity contribution in [3.63, 3.8) is 0 Å². The molecule has 4 aromatic rings. The van der Waals surface area contributed by atoms with E-state index in [1.165, 1.54) is 23.1 Å². The van der Waals surface area contributed by atoms with Crippen LogP contribution < -0.4 is 20.2 Å².